The lowest BCUT2D eigenvalue weighted by Crippen LogP contribution is -2.33. The van der Waals surface area contributed by atoms with Crippen molar-refractivity contribution in [3.8, 4) is 11.9 Å². The standard InChI is InChI=1S/C16H15N3O4/c1-16(6-7-16)23-15(22)13(20)12-14(21)19(10-4-8-17)11-5-2-3-9-18(11)12/h2-3,5,9H,4,6-7,10H2,1H3/p+1. The lowest BCUT2D eigenvalue weighted by atomic mass is 10.3. The zero-order valence-electron chi connectivity index (χ0n) is 12.7. The van der Waals surface area contributed by atoms with Crippen molar-refractivity contribution >= 4 is 17.4 Å². The minimum atomic E-state index is -0.976. The Morgan fingerprint density at radius 3 is 2.87 bits per heavy atom. The molecule has 1 saturated carbocycles. The second-order valence-electron chi connectivity index (χ2n) is 5.83. The van der Waals surface area contributed by atoms with Crippen LogP contribution in [0.25, 0.3) is 5.65 Å². The Kier molecular flexibility index (Phi) is 3.52. The number of aromatic nitrogens is 2. The zero-order valence-corrected chi connectivity index (χ0v) is 12.7. The number of imidazole rings is 1. The van der Waals surface area contributed by atoms with Crippen molar-refractivity contribution in [2.75, 3.05) is 0 Å². The summed E-state index contributed by atoms with van der Waals surface area (Å²) in [5.41, 5.74) is -0.187. The maximum atomic E-state index is 12.4. The summed E-state index contributed by atoms with van der Waals surface area (Å²) in [6.07, 6.45) is 3.21. The van der Waals surface area contributed by atoms with Crippen LogP contribution in [0.5, 0.6) is 5.88 Å². The largest absolute Gasteiger partial charge is 0.475 e. The molecular weight excluding hydrogens is 298 g/mol. The van der Waals surface area contributed by atoms with Gasteiger partial charge < -0.3 is 9.84 Å². The summed E-state index contributed by atoms with van der Waals surface area (Å²) in [6.45, 7) is 1.98. The van der Waals surface area contributed by atoms with Crippen LogP contribution in [0.2, 0.25) is 0 Å². The predicted octanol–water partition coefficient (Wildman–Crippen LogP) is 1.12. The Balaban J connectivity index is 2.03. The monoisotopic (exact) mass is 314 g/mol. The van der Waals surface area contributed by atoms with Gasteiger partial charge in [-0.25, -0.2) is 4.79 Å². The molecule has 0 bridgehead atoms. The fourth-order valence-corrected chi connectivity index (χ4v) is 2.43. The number of nitrogens with zero attached hydrogens (tertiary/aromatic N) is 3. The van der Waals surface area contributed by atoms with E-state index in [-0.39, 0.29) is 24.5 Å². The molecule has 0 aromatic carbocycles. The number of Topliss-reactive ketones (excluding diaryl/α,β-unsaturated/α-hetero) is 1. The zero-order chi connectivity index (χ0) is 16.6. The van der Waals surface area contributed by atoms with Crippen LogP contribution in [-0.2, 0) is 16.1 Å². The van der Waals surface area contributed by atoms with Gasteiger partial charge in [0.2, 0.25) is 0 Å². The number of aryl methyl sites for hydroxylation is 1. The van der Waals surface area contributed by atoms with Crippen molar-refractivity contribution in [2.45, 2.75) is 38.3 Å². The first-order valence-electron chi connectivity index (χ1n) is 7.33. The molecule has 0 amide bonds. The molecule has 0 radical (unpaired) electrons. The minimum absolute atomic E-state index is 0.146. The number of ether oxygens (including phenoxy) is 1. The van der Waals surface area contributed by atoms with Gasteiger partial charge in [-0.15, -0.1) is 0 Å². The van der Waals surface area contributed by atoms with Gasteiger partial charge in [0.15, 0.2) is 0 Å². The van der Waals surface area contributed by atoms with Crippen LogP contribution >= 0.6 is 0 Å². The molecule has 23 heavy (non-hydrogen) atoms. The predicted molar refractivity (Wildman–Crippen MR) is 77.5 cm³/mol. The first kappa shape index (κ1) is 15.0. The summed E-state index contributed by atoms with van der Waals surface area (Å²) in [6, 6.07) is 7.12. The first-order chi connectivity index (χ1) is 11.0. The van der Waals surface area contributed by atoms with E-state index in [9.17, 15) is 14.7 Å². The highest BCUT2D eigenvalue weighted by atomic mass is 16.6. The Hall–Kier alpha value is -2.88. The Labute approximate surface area is 132 Å². The third-order valence-electron chi connectivity index (χ3n) is 3.96. The summed E-state index contributed by atoms with van der Waals surface area (Å²) >= 11 is 0. The highest BCUT2D eigenvalue weighted by molar-refractivity contribution is 6.40. The van der Waals surface area contributed by atoms with Crippen molar-refractivity contribution in [1.29, 1.82) is 5.26 Å². The van der Waals surface area contributed by atoms with E-state index >= 15 is 0 Å². The number of esters is 1. The third-order valence-corrected chi connectivity index (χ3v) is 3.96. The fraction of sp³-hybridized carbons (Fsp3) is 0.375. The summed E-state index contributed by atoms with van der Waals surface area (Å²) in [7, 11) is 0. The SMILES string of the molecule is CC1(OC(=O)C(=O)c2c(O)[n+](CCC#N)c3ccccn23)CC1. The van der Waals surface area contributed by atoms with Gasteiger partial charge in [0.05, 0.1) is 18.7 Å². The number of fused-ring (bicyclic) bond motifs is 1. The van der Waals surface area contributed by atoms with Crippen molar-refractivity contribution in [3.05, 3.63) is 30.1 Å². The van der Waals surface area contributed by atoms with Crippen LogP contribution in [0.4, 0.5) is 0 Å². The quantitative estimate of drug-likeness (QED) is 0.386. The lowest BCUT2D eigenvalue weighted by Gasteiger charge is -2.08. The van der Waals surface area contributed by atoms with E-state index in [1.54, 1.807) is 31.3 Å². The van der Waals surface area contributed by atoms with Crippen LogP contribution in [-0.4, -0.2) is 26.9 Å². The van der Waals surface area contributed by atoms with Crippen LogP contribution in [0, 0.1) is 11.3 Å². The van der Waals surface area contributed by atoms with E-state index in [0.29, 0.717) is 5.65 Å². The van der Waals surface area contributed by atoms with Crippen LogP contribution in [0.1, 0.15) is 36.7 Å². The number of aromatic hydroxyl groups is 1. The molecule has 2 heterocycles. The number of carbonyl (C=O) groups is 2. The average molecular weight is 314 g/mol. The van der Waals surface area contributed by atoms with E-state index < -0.39 is 17.4 Å². The number of ketones is 1. The summed E-state index contributed by atoms with van der Waals surface area (Å²) in [5.74, 6) is -2.21. The molecule has 7 heteroatoms. The Morgan fingerprint density at radius 1 is 1.48 bits per heavy atom. The molecule has 0 spiro atoms. The number of nitriles is 1. The molecule has 1 N–H and O–H groups in total. The molecule has 0 atom stereocenters. The average Bonchev–Trinajstić information content (AvgIpc) is 3.18. The van der Waals surface area contributed by atoms with Gasteiger partial charge in [-0.05, 0) is 25.8 Å². The number of rotatable bonds is 5. The molecule has 0 aliphatic heterocycles. The third kappa shape index (κ3) is 2.63. The van der Waals surface area contributed by atoms with E-state index in [1.807, 2.05) is 6.07 Å². The topological polar surface area (TPSA) is 95.7 Å². The molecule has 7 nitrogen and oxygen atoms in total. The summed E-state index contributed by atoms with van der Waals surface area (Å²) in [5, 5.41) is 19.1. The number of carbonyl (C=O) groups excluding carboxylic acids is 2. The molecule has 2 aromatic heterocycles. The molecule has 118 valence electrons. The van der Waals surface area contributed by atoms with Gasteiger partial charge in [0.25, 0.3) is 11.3 Å². The van der Waals surface area contributed by atoms with Gasteiger partial charge >= 0.3 is 17.6 Å². The molecule has 3 rings (SSSR count). The highest BCUT2D eigenvalue weighted by Gasteiger charge is 2.45. The number of pyridine rings is 1. The second kappa shape index (κ2) is 5.39. The molecule has 0 saturated heterocycles. The van der Waals surface area contributed by atoms with Gasteiger partial charge in [0.1, 0.15) is 12.1 Å². The van der Waals surface area contributed by atoms with Crippen molar-refractivity contribution in [1.82, 2.24) is 4.40 Å². The molecular formula is C16H16N3O4+. The Bertz CT molecular complexity index is 843. The van der Waals surface area contributed by atoms with Crippen LogP contribution in [0.15, 0.2) is 24.4 Å². The number of hydrogen-bond donors (Lipinski definition) is 1. The molecule has 1 aliphatic carbocycles. The van der Waals surface area contributed by atoms with Gasteiger partial charge in [-0.3, -0.25) is 4.79 Å². The van der Waals surface area contributed by atoms with E-state index in [4.69, 9.17) is 10.00 Å². The maximum Gasteiger partial charge on any atom is 0.384 e. The van der Waals surface area contributed by atoms with Crippen LogP contribution < -0.4 is 4.57 Å². The van der Waals surface area contributed by atoms with Gasteiger partial charge in [0, 0.05) is 6.07 Å². The molecule has 0 unspecified atom stereocenters. The molecule has 2 aromatic rings. The smallest absolute Gasteiger partial charge is 0.384 e. The summed E-state index contributed by atoms with van der Waals surface area (Å²) in [4.78, 5) is 24.5. The summed E-state index contributed by atoms with van der Waals surface area (Å²) < 4.78 is 8.05. The van der Waals surface area contributed by atoms with Crippen LogP contribution in [0.3, 0.4) is 0 Å². The van der Waals surface area contributed by atoms with E-state index in [1.165, 1.54) is 8.97 Å². The number of hydrogen-bond acceptors (Lipinski definition) is 5. The second-order valence-corrected chi connectivity index (χ2v) is 5.83. The molecule has 1 aliphatic rings. The van der Waals surface area contributed by atoms with Crippen molar-refractivity contribution in [2.24, 2.45) is 0 Å². The minimum Gasteiger partial charge on any atom is -0.475 e. The molecule has 1 fully saturated rings. The van der Waals surface area contributed by atoms with Crippen molar-refractivity contribution in [3.63, 3.8) is 0 Å². The Morgan fingerprint density at radius 2 is 2.22 bits per heavy atom. The van der Waals surface area contributed by atoms with Gasteiger partial charge in [-0.2, -0.15) is 14.2 Å². The first-order valence-corrected chi connectivity index (χ1v) is 7.33. The maximum absolute atomic E-state index is 12.4. The highest BCUT2D eigenvalue weighted by Crippen LogP contribution is 2.39. The lowest BCUT2D eigenvalue weighted by molar-refractivity contribution is -0.675. The van der Waals surface area contributed by atoms with E-state index in [0.717, 1.165) is 12.8 Å². The van der Waals surface area contributed by atoms with E-state index in [2.05, 4.69) is 0 Å². The van der Waals surface area contributed by atoms with Gasteiger partial charge in [-0.1, -0.05) is 6.07 Å². The fourth-order valence-electron chi connectivity index (χ4n) is 2.43. The normalized spacial score (nSPS) is 15.1. The van der Waals surface area contributed by atoms with Crippen molar-refractivity contribution < 1.29 is 24.0 Å².